The second kappa shape index (κ2) is 13.7. The van der Waals surface area contributed by atoms with Gasteiger partial charge in [0.15, 0.2) is 0 Å². The van der Waals surface area contributed by atoms with Crippen molar-refractivity contribution in [2.45, 2.75) is 52.2 Å². The first-order chi connectivity index (χ1) is 20.1. The second-order valence-electron chi connectivity index (χ2n) is 10.4. The summed E-state index contributed by atoms with van der Waals surface area (Å²) in [6.45, 7) is 5.35. The molecule has 1 heterocycles. The molecule has 5 heteroatoms. The average molecular weight is 543 g/mol. The fourth-order valence-corrected chi connectivity index (χ4v) is 5.24. The van der Waals surface area contributed by atoms with Gasteiger partial charge in [0.05, 0.1) is 17.4 Å². The van der Waals surface area contributed by atoms with Crippen LogP contribution in [0.4, 0.5) is 5.69 Å². The van der Waals surface area contributed by atoms with Crippen LogP contribution < -0.4 is 10.6 Å². The first kappa shape index (κ1) is 28.1. The highest BCUT2D eigenvalue weighted by molar-refractivity contribution is 5.88. The lowest BCUT2D eigenvalue weighted by Gasteiger charge is -2.24. The molecule has 5 nitrogen and oxygen atoms in total. The lowest BCUT2D eigenvalue weighted by atomic mass is 9.98. The number of carbonyl (C=O) groups excluding carboxylic acids is 1. The zero-order valence-corrected chi connectivity index (χ0v) is 23.9. The number of carbonyl (C=O) groups is 1. The minimum absolute atomic E-state index is 0.0180. The van der Waals surface area contributed by atoms with Crippen molar-refractivity contribution in [2.75, 3.05) is 5.32 Å². The Morgan fingerprint density at radius 2 is 1.39 bits per heavy atom. The molecule has 1 amide bonds. The van der Waals surface area contributed by atoms with Crippen LogP contribution in [0.25, 0.3) is 22.6 Å². The molecule has 1 aromatic heterocycles. The van der Waals surface area contributed by atoms with E-state index in [1.807, 2.05) is 12.1 Å². The Morgan fingerprint density at radius 3 is 2.00 bits per heavy atom. The van der Waals surface area contributed by atoms with Crippen LogP contribution in [0, 0.1) is 0 Å². The van der Waals surface area contributed by atoms with Crippen LogP contribution >= 0.6 is 0 Å². The van der Waals surface area contributed by atoms with Crippen LogP contribution in [0.3, 0.4) is 0 Å². The Kier molecular flexibility index (Phi) is 9.40. The molecule has 2 N–H and O–H groups in total. The summed E-state index contributed by atoms with van der Waals surface area (Å²) in [7, 11) is 0. The Hall–Kier alpha value is -4.48. The van der Waals surface area contributed by atoms with Gasteiger partial charge in [-0.2, -0.15) is 0 Å². The van der Waals surface area contributed by atoms with Gasteiger partial charge in [0.2, 0.25) is 5.91 Å². The van der Waals surface area contributed by atoms with Gasteiger partial charge in [-0.25, -0.2) is 4.98 Å². The third-order valence-electron chi connectivity index (χ3n) is 7.26. The number of hydrogen-bond acceptors (Lipinski definition) is 3. The van der Waals surface area contributed by atoms with E-state index >= 15 is 0 Å². The first-order valence-electron chi connectivity index (χ1n) is 14.5. The highest BCUT2D eigenvalue weighted by atomic mass is 16.1. The van der Waals surface area contributed by atoms with E-state index in [1.165, 1.54) is 18.2 Å². The van der Waals surface area contributed by atoms with Gasteiger partial charge in [-0.1, -0.05) is 116 Å². The Labute approximate surface area is 243 Å². The summed E-state index contributed by atoms with van der Waals surface area (Å²) in [6.07, 6.45) is 3.00. The monoisotopic (exact) mass is 542 g/mol. The summed E-state index contributed by atoms with van der Waals surface area (Å²) in [4.78, 5) is 16.8. The molecular formula is C36H38N4O. The second-order valence-corrected chi connectivity index (χ2v) is 10.4. The quantitative estimate of drug-likeness (QED) is 0.168. The van der Waals surface area contributed by atoms with Crippen molar-refractivity contribution in [3.8, 4) is 22.6 Å². The van der Waals surface area contributed by atoms with E-state index in [1.54, 1.807) is 0 Å². The number of imidazole rings is 1. The summed E-state index contributed by atoms with van der Waals surface area (Å²) >= 11 is 0. The molecule has 0 radical (unpaired) electrons. The van der Waals surface area contributed by atoms with Crippen molar-refractivity contribution in [1.82, 2.24) is 14.9 Å². The summed E-state index contributed by atoms with van der Waals surface area (Å²) in [5, 5.41) is 6.76. The molecule has 0 bridgehead atoms. The predicted molar refractivity (Wildman–Crippen MR) is 168 cm³/mol. The highest BCUT2D eigenvalue weighted by Gasteiger charge is 2.26. The van der Waals surface area contributed by atoms with E-state index in [-0.39, 0.29) is 11.9 Å². The van der Waals surface area contributed by atoms with E-state index in [4.69, 9.17) is 4.98 Å². The number of unbranched alkanes of at least 4 members (excludes halogenated alkanes) is 1. The molecular weight excluding hydrogens is 504 g/mol. The molecule has 0 saturated carbocycles. The Balaban J connectivity index is 1.60. The SMILES string of the molecule is CCCCn1c(-c2ccccc2)nc(-c2ccccc2)c1C(Cc1ccccc1)NCc1ccc(NC(C)=O)cc1. The third kappa shape index (κ3) is 7.19. The molecule has 0 fully saturated rings. The van der Waals surface area contributed by atoms with Crippen molar-refractivity contribution in [1.29, 1.82) is 0 Å². The van der Waals surface area contributed by atoms with E-state index in [2.05, 4.69) is 125 Å². The van der Waals surface area contributed by atoms with Gasteiger partial charge >= 0.3 is 0 Å². The van der Waals surface area contributed by atoms with Gasteiger partial charge in [0, 0.05) is 36.8 Å². The third-order valence-corrected chi connectivity index (χ3v) is 7.26. The number of rotatable bonds is 12. The van der Waals surface area contributed by atoms with E-state index in [9.17, 15) is 4.79 Å². The van der Waals surface area contributed by atoms with Gasteiger partial charge in [-0.05, 0) is 36.1 Å². The molecule has 41 heavy (non-hydrogen) atoms. The van der Waals surface area contributed by atoms with E-state index in [0.29, 0.717) is 6.54 Å². The van der Waals surface area contributed by atoms with E-state index in [0.717, 1.165) is 59.7 Å². The van der Waals surface area contributed by atoms with Gasteiger partial charge in [0.1, 0.15) is 5.82 Å². The summed E-state index contributed by atoms with van der Waals surface area (Å²) in [5.41, 5.74) is 7.71. The van der Waals surface area contributed by atoms with Gasteiger partial charge in [-0.3, -0.25) is 4.79 Å². The normalized spacial score (nSPS) is 11.8. The number of anilines is 1. The summed E-state index contributed by atoms with van der Waals surface area (Å²) < 4.78 is 2.45. The predicted octanol–water partition coefficient (Wildman–Crippen LogP) is 8.05. The molecule has 5 aromatic rings. The first-order valence-corrected chi connectivity index (χ1v) is 14.5. The number of aromatic nitrogens is 2. The van der Waals surface area contributed by atoms with Crippen molar-refractivity contribution in [3.05, 3.63) is 132 Å². The molecule has 1 atom stereocenters. The smallest absolute Gasteiger partial charge is 0.221 e. The van der Waals surface area contributed by atoms with E-state index < -0.39 is 0 Å². The largest absolute Gasteiger partial charge is 0.326 e. The molecule has 5 rings (SSSR count). The van der Waals surface area contributed by atoms with Crippen LogP contribution in [-0.4, -0.2) is 15.5 Å². The Bertz CT molecular complexity index is 1530. The minimum atomic E-state index is -0.0678. The molecule has 0 aliphatic carbocycles. The van der Waals surface area contributed by atoms with Crippen LogP contribution in [-0.2, 0) is 24.3 Å². The van der Waals surface area contributed by atoms with Crippen molar-refractivity contribution in [2.24, 2.45) is 0 Å². The maximum absolute atomic E-state index is 11.5. The maximum Gasteiger partial charge on any atom is 0.221 e. The van der Waals surface area contributed by atoms with Gasteiger partial charge in [-0.15, -0.1) is 0 Å². The average Bonchev–Trinajstić information content (AvgIpc) is 3.39. The number of nitrogens with zero attached hydrogens (tertiary/aromatic N) is 2. The van der Waals surface area contributed by atoms with Crippen molar-refractivity contribution < 1.29 is 4.79 Å². The van der Waals surface area contributed by atoms with Gasteiger partial charge < -0.3 is 15.2 Å². The lowest BCUT2D eigenvalue weighted by Crippen LogP contribution is -2.26. The molecule has 0 aliphatic heterocycles. The number of hydrogen-bond donors (Lipinski definition) is 2. The molecule has 0 spiro atoms. The van der Waals surface area contributed by atoms with Gasteiger partial charge in [0.25, 0.3) is 0 Å². The molecule has 0 aliphatic rings. The molecule has 1 unspecified atom stereocenters. The summed E-state index contributed by atoms with van der Waals surface area (Å²) in [6, 6.07) is 39.8. The standard InChI is InChI=1S/C36H38N4O/c1-3-4-24-40-35(34(30-16-10-6-11-17-30)39-36(40)31-18-12-7-13-19-31)33(25-28-14-8-5-9-15-28)37-26-29-20-22-32(23-21-29)38-27(2)41/h5-23,33,37H,3-4,24-26H2,1-2H3,(H,38,41). The highest BCUT2D eigenvalue weighted by Crippen LogP contribution is 2.35. The zero-order chi connectivity index (χ0) is 28.4. The topological polar surface area (TPSA) is 59.0 Å². The minimum Gasteiger partial charge on any atom is -0.326 e. The lowest BCUT2D eigenvalue weighted by molar-refractivity contribution is -0.114. The number of benzene rings is 4. The Morgan fingerprint density at radius 1 is 0.780 bits per heavy atom. The fourth-order valence-electron chi connectivity index (χ4n) is 5.24. The number of amides is 1. The van der Waals surface area contributed by atoms with Crippen LogP contribution in [0.2, 0.25) is 0 Å². The maximum atomic E-state index is 11.5. The van der Waals surface area contributed by atoms with Crippen molar-refractivity contribution in [3.63, 3.8) is 0 Å². The molecule has 0 saturated heterocycles. The van der Waals surface area contributed by atoms with Crippen LogP contribution in [0.1, 0.15) is 49.6 Å². The fraction of sp³-hybridized carbons (Fsp3) is 0.222. The summed E-state index contributed by atoms with van der Waals surface area (Å²) in [5.74, 6) is 0.939. The molecule has 208 valence electrons. The van der Waals surface area contributed by atoms with Crippen LogP contribution in [0.5, 0.6) is 0 Å². The molecule has 4 aromatic carbocycles. The number of nitrogens with one attached hydrogen (secondary N) is 2. The zero-order valence-electron chi connectivity index (χ0n) is 23.9. The van der Waals surface area contributed by atoms with Crippen LogP contribution in [0.15, 0.2) is 115 Å². The van der Waals surface area contributed by atoms with Crippen molar-refractivity contribution >= 4 is 11.6 Å².